The van der Waals surface area contributed by atoms with Crippen LogP contribution in [0, 0.1) is 0 Å². The molecule has 0 radical (unpaired) electrons. The molecule has 1 saturated heterocycles. The summed E-state index contributed by atoms with van der Waals surface area (Å²) in [4.78, 5) is 38.0. The Balaban J connectivity index is 1.45. The summed E-state index contributed by atoms with van der Waals surface area (Å²) in [7, 11) is 1.25. The summed E-state index contributed by atoms with van der Waals surface area (Å²) in [6, 6.07) is 7.99. The van der Waals surface area contributed by atoms with E-state index in [9.17, 15) is 14.4 Å². The molecule has 1 atom stereocenters. The van der Waals surface area contributed by atoms with Gasteiger partial charge in [0.2, 0.25) is 11.7 Å². The lowest BCUT2D eigenvalue weighted by atomic mass is 10.1. The van der Waals surface area contributed by atoms with Gasteiger partial charge in [-0.2, -0.15) is 0 Å². The molecular weight excluding hydrogens is 352 g/mol. The normalized spacial score (nSPS) is 17.7. The highest BCUT2D eigenvalue weighted by molar-refractivity contribution is 6.05. The fraction of sp³-hybridized carbons (Fsp3) is 0.316. The molecule has 2 aliphatic rings. The van der Waals surface area contributed by atoms with Gasteiger partial charge in [0.15, 0.2) is 0 Å². The zero-order valence-corrected chi connectivity index (χ0v) is 14.7. The van der Waals surface area contributed by atoms with Crippen LogP contribution in [0.1, 0.15) is 39.5 Å². The number of anilines is 2. The highest BCUT2D eigenvalue weighted by Gasteiger charge is 2.36. The molecule has 4 rings (SSSR count). The molecule has 1 fully saturated rings. The lowest BCUT2D eigenvalue weighted by Crippen LogP contribution is -2.43. The minimum atomic E-state index is -0.599. The van der Waals surface area contributed by atoms with E-state index >= 15 is 0 Å². The van der Waals surface area contributed by atoms with Gasteiger partial charge in [0, 0.05) is 6.54 Å². The Labute approximate surface area is 155 Å². The number of rotatable bonds is 4. The Kier molecular flexibility index (Phi) is 4.31. The quantitative estimate of drug-likeness (QED) is 0.825. The number of amides is 1. The SMILES string of the molecule is COC(=O)c1ccc(COC(=O)c2ccc3c(c2)NC(=O)[C@H]2CCCN32)o1. The minimum absolute atomic E-state index is 0.0419. The molecule has 0 aliphatic carbocycles. The van der Waals surface area contributed by atoms with Gasteiger partial charge in [0.1, 0.15) is 18.4 Å². The van der Waals surface area contributed by atoms with E-state index in [1.807, 2.05) is 6.07 Å². The number of carbonyl (C=O) groups is 3. The van der Waals surface area contributed by atoms with Crippen molar-refractivity contribution in [3.63, 3.8) is 0 Å². The van der Waals surface area contributed by atoms with E-state index in [0.29, 0.717) is 17.0 Å². The molecule has 27 heavy (non-hydrogen) atoms. The number of methoxy groups -OCH3 is 1. The van der Waals surface area contributed by atoms with Crippen LogP contribution < -0.4 is 10.2 Å². The van der Waals surface area contributed by atoms with E-state index in [0.717, 1.165) is 25.1 Å². The van der Waals surface area contributed by atoms with Crippen LogP contribution in [0.4, 0.5) is 11.4 Å². The van der Waals surface area contributed by atoms with E-state index in [4.69, 9.17) is 9.15 Å². The first-order chi connectivity index (χ1) is 13.1. The minimum Gasteiger partial charge on any atom is -0.463 e. The number of carbonyl (C=O) groups excluding carboxylic acids is 3. The second-order valence-electron chi connectivity index (χ2n) is 6.41. The molecule has 140 valence electrons. The summed E-state index contributed by atoms with van der Waals surface area (Å²) in [5.41, 5.74) is 1.85. The number of furan rings is 1. The van der Waals surface area contributed by atoms with Crippen molar-refractivity contribution in [2.45, 2.75) is 25.5 Å². The molecule has 3 heterocycles. The largest absolute Gasteiger partial charge is 0.463 e. The second-order valence-corrected chi connectivity index (χ2v) is 6.41. The summed E-state index contributed by atoms with van der Waals surface area (Å²) in [6.45, 7) is 0.712. The van der Waals surface area contributed by atoms with Crippen molar-refractivity contribution in [3.8, 4) is 0 Å². The number of fused-ring (bicyclic) bond motifs is 3. The molecule has 2 aromatic rings. The van der Waals surface area contributed by atoms with Crippen molar-refractivity contribution in [2.24, 2.45) is 0 Å². The predicted octanol–water partition coefficient (Wildman–Crippen LogP) is 2.34. The third-order valence-electron chi connectivity index (χ3n) is 4.75. The molecule has 0 saturated carbocycles. The average molecular weight is 370 g/mol. The highest BCUT2D eigenvalue weighted by Crippen LogP contribution is 2.37. The number of esters is 2. The zero-order chi connectivity index (χ0) is 19.0. The molecule has 1 N–H and O–H groups in total. The van der Waals surface area contributed by atoms with E-state index in [2.05, 4.69) is 15.0 Å². The van der Waals surface area contributed by atoms with Crippen LogP contribution in [-0.2, 0) is 20.9 Å². The number of benzene rings is 1. The van der Waals surface area contributed by atoms with E-state index in [1.165, 1.54) is 13.2 Å². The predicted molar refractivity (Wildman–Crippen MR) is 94.6 cm³/mol. The molecule has 8 heteroatoms. The first-order valence-corrected chi connectivity index (χ1v) is 8.62. The lowest BCUT2D eigenvalue weighted by Gasteiger charge is -2.33. The zero-order valence-electron chi connectivity index (χ0n) is 14.7. The van der Waals surface area contributed by atoms with Gasteiger partial charge in [-0.3, -0.25) is 4.79 Å². The first kappa shape index (κ1) is 17.1. The number of nitrogens with one attached hydrogen (secondary N) is 1. The molecule has 1 aromatic heterocycles. The summed E-state index contributed by atoms with van der Waals surface area (Å²) < 4.78 is 15.1. The van der Waals surface area contributed by atoms with Crippen LogP contribution in [0.25, 0.3) is 0 Å². The smallest absolute Gasteiger partial charge is 0.373 e. The molecule has 1 amide bonds. The molecule has 1 aromatic carbocycles. The highest BCUT2D eigenvalue weighted by atomic mass is 16.5. The summed E-state index contributed by atoms with van der Waals surface area (Å²) >= 11 is 0. The molecule has 8 nitrogen and oxygen atoms in total. The lowest BCUT2D eigenvalue weighted by molar-refractivity contribution is -0.117. The Bertz CT molecular complexity index is 919. The van der Waals surface area contributed by atoms with Crippen LogP contribution in [0.2, 0.25) is 0 Å². The molecular formula is C19H18N2O6. The van der Waals surface area contributed by atoms with Gasteiger partial charge in [-0.1, -0.05) is 0 Å². The van der Waals surface area contributed by atoms with Gasteiger partial charge in [-0.15, -0.1) is 0 Å². The van der Waals surface area contributed by atoms with E-state index < -0.39 is 11.9 Å². The van der Waals surface area contributed by atoms with Crippen molar-refractivity contribution in [1.29, 1.82) is 0 Å². The van der Waals surface area contributed by atoms with Gasteiger partial charge in [-0.05, 0) is 43.2 Å². The number of nitrogens with zero attached hydrogens (tertiary/aromatic N) is 1. The maximum atomic E-state index is 12.3. The maximum Gasteiger partial charge on any atom is 0.373 e. The summed E-state index contributed by atoms with van der Waals surface area (Å²) in [5, 5.41) is 2.86. The van der Waals surface area contributed by atoms with Gasteiger partial charge in [0.25, 0.3) is 0 Å². The second kappa shape index (κ2) is 6.79. The fourth-order valence-corrected chi connectivity index (χ4v) is 3.44. The van der Waals surface area contributed by atoms with Crippen molar-refractivity contribution in [2.75, 3.05) is 23.9 Å². The Morgan fingerprint density at radius 3 is 2.93 bits per heavy atom. The van der Waals surface area contributed by atoms with Crippen molar-refractivity contribution >= 4 is 29.2 Å². The number of ether oxygens (including phenoxy) is 2. The van der Waals surface area contributed by atoms with Crippen molar-refractivity contribution in [1.82, 2.24) is 0 Å². The van der Waals surface area contributed by atoms with Crippen LogP contribution in [0.3, 0.4) is 0 Å². The van der Waals surface area contributed by atoms with Gasteiger partial charge >= 0.3 is 11.9 Å². The molecule has 0 bridgehead atoms. The van der Waals surface area contributed by atoms with Crippen molar-refractivity contribution in [3.05, 3.63) is 47.4 Å². The Hall–Kier alpha value is -3.29. The summed E-state index contributed by atoms with van der Waals surface area (Å²) in [6.07, 6.45) is 1.81. The molecule has 2 aliphatic heterocycles. The standard InChI is InChI=1S/C19H18N2O6/c1-25-19(24)16-7-5-12(27-16)10-26-18(23)11-4-6-14-13(9-11)20-17(22)15-3-2-8-21(14)15/h4-7,9,15H,2-3,8,10H2,1H3,(H,20,22)/t15-/m1/s1. The summed E-state index contributed by atoms with van der Waals surface area (Å²) in [5.74, 6) is -0.823. The number of hydrogen-bond acceptors (Lipinski definition) is 7. The van der Waals surface area contributed by atoms with E-state index in [-0.39, 0.29) is 24.3 Å². The van der Waals surface area contributed by atoms with Gasteiger partial charge < -0.3 is 24.1 Å². The Morgan fingerprint density at radius 1 is 1.26 bits per heavy atom. The van der Waals surface area contributed by atoms with Gasteiger partial charge in [-0.25, -0.2) is 9.59 Å². The first-order valence-electron chi connectivity index (χ1n) is 8.62. The van der Waals surface area contributed by atoms with Crippen LogP contribution in [-0.4, -0.2) is 37.5 Å². The Morgan fingerprint density at radius 2 is 2.11 bits per heavy atom. The van der Waals surface area contributed by atoms with Crippen LogP contribution in [0.15, 0.2) is 34.7 Å². The third-order valence-corrected chi connectivity index (χ3v) is 4.75. The van der Waals surface area contributed by atoms with Crippen LogP contribution >= 0.6 is 0 Å². The van der Waals surface area contributed by atoms with E-state index in [1.54, 1.807) is 18.2 Å². The monoisotopic (exact) mass is 370 g/mol. The molecule has 0 unspecified atom stereocenters. The molecule has 0 spiro atoms. The topological polar surface area (TPSA) is 98.1 Å². The maximum absolute atomic E-state index is 12.3. The van der Waals surface area contributed by atoms with Crippen LogP contribution in [0.5, 0.6) is 0 Å². The number of hydrogen-bond donors (Lipinski definition) is 1. The fourth-order valence-electron chi connectivity index (χ4n) is 3.44. The van der Waals surface area contributed by atoms with Crippen molar-refractivity contribution < 1.29 is 28.3 Å². The third kappa shape index (κ3) is 3.14. The average Bonchev–Trinajstić information content (AvgIpc) is 3.35. The van der Waals surface area contributed by atoms with Gasteiger partial charge in [0.05, 0.1) is 24.0 Å².